The van der Waals surface area contributed by atoms with E-state index in [-0.39, 0.29) is 35.9 Å². The fourth-order valence-electron chi connectivity index (χ4n) is 3.00. The monoisotopic (exact) mass is 438 g/mol. The number of guanidine groups is 1. The van der Waals surface area contributed by atoms with Gasteiger partial charge in [0.15, 0.2) is 5.96 Å². The van der Waals surface area contributed by atoms with Gasteiger partial charge < -0.3 is 20.7 Å². The van der Waals surface area contributed by atoms with Crippen LogP contribution < -0.4 is 16.0 Å². The van der Waals surface area contributed by atoms with Crippen LogP contribution in [0.2, 0.25) is 0 Å². The molecule has 2 bridgehead atoms. The second-order valence-electron chi connectivity index (χ2n) is 6.25. The van der Waals surface area contributed by atoms with Gasteiger partial charge in [0.2, 0.25) is 5.91 Å². The summed E-state index contributed by atoms with van der Waals surface area (Å²) >= 11 is 0. The molecule has 1 amide bonds. The molecule has 0 aromatic carbocycles. The van der Waals surface area contributed by atoms with E-state index in [2.05, 4.69) is 27.9 Å². The van der Waals surface area contributed by atoms with Crippen LogP contribution in [0.1, 0.15) is 52.9 Å². The summed E-state index contributed by atoms with van der Waals surface area (Å²) in [5.74, 6) is 0.859. The van der Waals surface area contributed by atoms with E-state index in [1.54, 1.807) is 0 Å². The number of aliphatic imine (C=N–C) groups is 1. The summed E-state index contributed by atoms with van der Waals surface area (Å²) in [4.78, 5) is 16.3. The maximum atomic E-state index is 11.8. The molecule has 0 radical (unpaired) electrons. The van der Waals surface area contributed by atoms with Gasteiger partial charge in [-0.25, -0.2) is 0 Å². The van der Waals surface area contributed by atoms with Crippen molar-refractivity contribution >= 4 is 35.8 Å². The zero-order valence-corrected chi connectivity index (χ0v) is 16.8. The first kappa shape index (κ1) is 20.5. The Bertz CT molecular complexity index is 406. The minimum absolute atomic E-state index is 0. The van der Waals surface area contributed by atoms with E-state index < -0.39 is 0 Å². The Kier molecular flexibility index (Phi) is 9.19. The molecule has 23 heavy (non-hydrogen) atoms. The zero-order chi connectivity index (χ0) is 15.9. The Balaban J connectivity index is 0.00000264. The largest absolute Gasteiger partial charge is 0.373 e. The number of ether oxygens (including phenoxy) is 1. The number of carbonyl (C=O) groups is 1. The van der Waals surface area contributed by atoms with Gasteiger partial charge in [-0.1, -0.05) is 6.92 Å². The highest BCUT2D eigenvalue weighted by Gasteiger charge is 2.41. The van der Waals surface area contributed by atoms with Gasteiger partial charge in [0.25, 0.3) is 0 Å². The average molecular weight is 438 g/mol. The van der Waals surface area contributed by atoms with E-state index in [4.69, 9.17) is 4.74 Å². The number of fused-ring (bicyclic) bond motifs is 2. The van der Waals surface area contributed by atoms with Crippen molar-refractivity contribution in [3.8, 4) is 0 Å². The summed E-state index contributed by atoms with van der Waals surface area (Å²) < 4.78 is 5.85. The zero-order valence-electron chi connectivity index (χ0n) is 14.4. The average Bonchev–Trinajstić information content (AvgIpc) is 3.09. The third kappa shape index (κ3) is 6.45. The summed E-state index contributed by atoms with van der Waals surface area (Å²) in [7, 11) is 0. The topological polar surface area (TPSA) is 74.8 Å². The Morgan fingerprint density at radius 1 is 1.35 bits per heavy atom. The van der Waals surface area contributed by atoms with E-state index in [0.29, 0.717) is 31.2 Å². The first-order valence-electron chi connectivity index (χ1n) is 8.62. The lowest BCUT2D eigenvalue weighted by Crippen LogP contribution is -2.47. The number of carbonyl (C=O) groups excluding carboxylic acids is 1. The summed E-state index contributed by atoms with van der Waals surface area (Å²) in [6.07, 6.45) is 5.50. The van der Waals surface area contributed by atoms with Gasteiger partial charge in [0.1, 0.15) is 0 Å². The van der Waals surface area contributed by atoms with E-state index >= 15 is 0 Å². The summed E-state index contributed by atoms with van der Waals surface area (Å²) in [6, 6.07) is 0.583. The normalized spacial score (nSPS) is 27.3. The molecule has 0 aromatic rings. The molecule has 6 nitrogen and oxygen atoms in total. The van der Waals surface area contributed by atoms with Crippen LogP contribution >= 0.6 is 24.0 Å². The number of hydrogen-bond acceptors (Lipinski definition) is 3. The molecule has 2 saturated heterocycles. The van der Waals surface area contributed by atoms with Crippen LogP contribution in [-0.4, -0.2) is 49.2 Å². The molecule has 7 heteroatoms. The van der Waals surface area contributed by atoms with Crippen LogP contribution in [0, 0.1) is 0 Å². The molecule has 0 aliphatic carbocycles. The highest BCUT2D eigenvalue weighted by Crippen LogP contribution is 2.34. The van der Waals surface area contributed by atoms with E-state index in [1.807, 2.05) is 13.8 Å². The van der Waals surface area contributed by atoms with Gasteiger partial charge in [-0.15, -0.1) is 24.0 Å². The molecule has 2 heterocycles. The van der Waals surface area contributed by atoms with Crippen molar-refractivity contribution in [3.05, 3.63) is 0 Å². The second kappa shape index (κ2) is 10.3. The molecule has 0 spiro atoms. The summed E-state index contributed by atoms with van der Waals surface area (Å²) in [5.41, 5.74) is 0. The molecule has 2 rings (SSSR count). The first-order chi connectivity index (χ1) is 10.6. The number of rotatable bonds is 7. The summed E-state index contributed by atoms with van der Waals surface area (Å²) in [6.45, 7) is 7.44. The molecular weight excluding hydrogens is 407 g/mol. The molecule has 0 saturated carbocycles. The molecule has 4 unspecified atom stereocenters. The third-order valence-corrected chi connectivity index (χ3v) is 4.40. The second-order valence-corrected chi connectivity index (χ2v) is 6.25. The number of nitrogens with zero attached hydrogens (tertiary/aromatic N) is 1. The molecular formula is C16H31IN4O2. The van der Waals surface area contributed by atoms with E-state index in [0.717, 1.165) is 31.8 Å². The maximum Gasteiger partial charge on any atom is 0.222 e. The number of nitrogens with one attached hydrogen (secondary N) is 3. The van der Waals surface area contributed by atoms with Crippen LogP contribution in [0.4, 0.5) is 0 Å². The predicted molar refractivity (Wildman–Crippen MR) is 103 cm³/mol. The fraction of sp³-hybridized carbons (Fsp3) is 0.875. The SMILES string of the molecule is CCNC(=NCCC(=O)NC(C)CC)NC1CC2CCC1O2.I. The van der Waals surface area contributed by atoms with Crippen molar-refractivity contribution in [1.82, 2.24) is 16.0 Å². The van der Waals surface area contributed by atoms with E-state index in [9.17, 15) is 4.79 Å². The smallest absolute Gasteiger partial charge is 0.222 e. The quantitative estimate of drug-likeness (QED) is 0.322. The Morgan fingerprint density at radius 2 is 2.13 bits per heavy atom. The van der Waals surface area contributed by atoms with Gasteiger partial charge in [-0.2, -0.15) is 0 Å². The molecule has 2 fully saturated rings. The Morgan fingerprint density at radius 3 is 2.70 bits per heavy atom. The number of amides is 1. The maximum absolute atomic E-state index is 11.8. The lowest BCUT2D eigenvalue weighted by Gasteiger charge is -2.22. The van der Waals surface area contributed by atoms with Gasteiger partial charge in [-0.05, 0) is 39.5 Å². The van der Waals surface area contributed by atoms with Crippen LogP contribution in [0.25, 0.3) is 0 Å². The Labute approximate surface area is 156 Å². The van der Waals surface area contributed by atoms with Crippen molar-refractivity contribution in [2.24, 2.45) is 4.99 Å². The van der Waals surface area contributed by atoms with Gasteiger partial charge >= 0.3 is 0 Å². The molecule has 2 aliphatic heterocycles. The predicted octanol–water partition coefficient (Wildman–Crippen LogP) is 1.78. The van der Waals surface area contributed by atoms with Crippen molar-refractivity contribution in [1.29, 1.82) is 0 Å². The van der Waals surface area contributed by atoms with Crippen molar-refractivity contribution in [3.63, 3.8) is 0 Å². The Hall–Kier alpha value is -0.570. The molecule has 4 atom stereocenters. The van der Waals surface area contributed by atoms with Crippen LogP contribution in [-0.2, 0) is 9.53 Å². The van der Waals surface area contributed by atoms with Crippen LogP contribution in [0.15, 0.2) is 4.99 Å². The fourth-order valence-corrected chi connectivity index (χ4v) is 3.00. The van der Waals surface area contributed by atoms with Crippen molar-refractivity contribution in [2.45, 2.75) is 77.2 Å². The number of hydrogen-bond donors (Lipinski definition) is 3. The number of halogens is 1. The highest BCUT2D eigenvalue weighted by molar-refractivity contribution is 14.0. The molecule has 134 valence electrons. The lowest BCUT2D eigenvalue weighted by molar-refractivity contribution is -0.121. The first-order valence-corrected chi connectivity index (χ1v) is 8.62. The highest BCUT2D eigenvalue weighted by atomic mass is 127. The van der Waals surface area contributed by atoms with Crippen LogP contribution in [0.3, 0.4) is 0 Å². The van der Waals surface area contributed by atoms with Gasteiger partial charge in [0, 0.05) is 19.0 Å². The van der Waals surface area contributed by atoms with E-state index in [1.165, 1.54) is 6.42 Å². The van der Waals surface area contributed by atoms with Gasteiger partial charge in [-0.3, -0.25) is 9.79 Å². The van der Waals surface area contributed by atoms with Crippen molar-refractivity contribution < 1.29 is 9.53 Å². The molecule has 0 aromatic heterocycles. The molecule has 3 N–H and O–H groups in total. The van der Waals surface area contributed by atoms with Crippen molar-refractivity contribution in [2.75, 3.05) is 13.1 Å². The molecule has 2 aliphatic rings. The van der Waals surface area contributed by atoms with Gasteiger partial charge in [0.05, 0.1) is 24.8 Å². The standard InChI is InChI=1S/C16H30N4O2.HI/c1-4-11(3)19-15(21)8-9-18-16(17-5-2)20-13-10-12-6-7-14(13)22-12;/h11-14H,4-10H2,1-3H3,(H,19,21)(H2,17,18,20);1H. The van der Waals surface area contributed by atoms with Crippen LogP contribution in [0.5, 0.6) is 0 Å². The minimum atomic E-state index is 0. The minimum Gasteiger partial charge on any atom is -0.373 e. The summed E-state index contributed by atoms with van der Waals surface area (Å²) in [5, 5.41) is 9.66. The third-order valence-electron chi connectivity index (χ3n) is 4.40. The lowest BCUT2D eigenvalue weighted by atomic mass is 9.96.